The fourth-order valence-electron chi connectivity index (χ4n) is 2.14. The molecule has 5 heteroatoms. The highest BCUT2D eigenvalue weighted by Crippen LogP contribution is 2.16. The summed E-state index contributed by atoms with van der Waals surface area (Å²) in [6, 6.07) is 7.99. The minimum absolute atomic E-state index is 0.0888. The number of amides is 1. The zero-order chi connectivity index (χ0) is 15.4. The van der Waals surface area contributed by atoms with Gasteiger partial charge in [0.2, 0.25) is 0 Å². The first kappa shape index (κ1) is 15.3. The number of nitrogens with one attached hydrogen (secondary N) is 1. The number of carbonyl (C=O) groups is 1. The van der Waals surface area contributed by atoms with Gasteiger partial charge in [0, 0.05) is 26.8 Å². The predicted molar refractivity (Wildman–Crippen MR) is 83.7 cm³/mol. The molecule has 1 heterocycles. The second kappa shape index (κ2) is 6.54. The average molecular weight is 286 g/mol. The summed E-state index contributed by atoms with van der Waals surface area (Å²) in [5.74, 6) is -0.0888. The molecular weight excluding hydrogens is 264 g/mol. The van der Waals surface area contributed by atoms with Crippen LogP contribution in [0.4, 0.5) is 0 Å². The molecule has 0 aliphatic rings. The van der Waals surface area contributed by atoms with Crippen LogP contribution in [0, 0.1) is 6.92 Å². The van der Waals surface area contributed by atoms with E-state index in [2.05, 4.69) is 36.4 Å². The molecule has 0 bridgehead atoms. The molecule has 2 rings (SSSR count). The van der Waals surface area contributed by atoms with Crippen LogP contribution in [0.25, 0.3) is 5.69 Å². The van der Waals surface area contributed by atoms with E-state index in [1.165, 1.54) is 16.0 Å². The molecule has 0 saturated carbocycles. The summed E-state index contributed by atoms with van der Waals surface area (Å²) in [6.07, 6.45) is 1.83. The van der Waals surface area contributed by atoms with Crippen molar-refractivity contribution in [1.82, 2.24) is 20.0 Å². The number of rotatable bonds is 5. The Morgan fingerprint density at radius 1 is 1.33 bits per heavy atom. The summed E-state index contributed by atoms with van der Waals surface area (Å²) < 4.78 is 1.77. The van der Waals surface area contributed by atoms with E-state index in [1.807, 2.05) is 12.3 Å². The first-order valence-electron chi connectivity index (χ1n) is 7.11. The predicted octanol–water partition coefficient (Wildman–Crippen LogP) is 1.99. The second-order valence-electron chi connectivity index (χ2n) is 5.26. The van der Waals surface area contributed by atoms with E-state index < -0.39 is 0 Å². The second-order valence-corrected chi connectivity index (χ2v) is 5.26. The number of aryl methyl sites for hydroxylation is 1. The van der Waals surface area contributed by atoms with Crippen molar-refractivity contribution < 1.29 is 4.79 Å². The number of nitrogens with zero attached hydrogens (tertiary/aromatic N) is 3. The van der Waals surface area contributed by atoms with Crippen molar-refractivity contribution in [2.75, 3.05) is 20.6 Å². The molecule has 1 amide bonds. The molecule has 0 aliphatic heterocycles. The lowest BCUT2D eigenvalue weighted by molar-refractivity contribution is 0.0821. The Morgan fingerprint density at radius 2 is 2.10 bits per heavy atom. The van der Waals surface area contributed by atoms with Crippen molar-refractivity contribution in [3.05, 3.63) is 47.3 Å². The van der Waals surface area contributed by atoms with Gasteiger partial charge in [0.25, 0.3) is 5.91 Å². The third-order valence-corrected chi connectivity index (χ3v) is 3.26. The zero-order valence-electron chi connectivity index (χ0n) is 13.1. The smallest absolute Gasteiger partial charge is 0.273 e. The quantitative estimate of drug-likeness (QED) is 0.914. The minimum atomic E-state index is -0.0888. The van der Waals surface area contributed by atoms with Gasteiger partial charge in [-0.3, -0.25) is 4.79 Å². The molecule has 21 heavy (non-hydrogen) atoms. The van der Waals surface area contributed by atoms with Gasteiger partial charge in [0.05, 0.1) is 5.69 Å². The van der Waals surface area contributed by atoms with E-state index in [4.69, 9.17) is 0 Å². The molecule has 0 spiro atoms. The molecule has 112 valence electrons. The van der Waals surface area contributed by atoms with Crippen LogP contribution in [-0.4, -0.2) is 41.2 Å². The SMILES string of the molecule is CCNCc1cc(C)ccc1-n1ccc(C(=O)N(C)C)n1. The highest BCUT2D eigenvalue weighted by atomic mass is 16.2. The summed E-state index contributed by atoms with van der Waals surface area (Å²) in [4.78, 5) is 13.5. The van der Waals surface area contributed by atoms with Crippen LogP contribution in [0.5, 0.6) is 0 Å². The summed E-state index contributed by atoms with van der Waals surface area (Å²) in [5, 5.41) is 7.73. The van der Waals surface area contributed by atoms with E-state index in [-0.39, 0.29) is 5.91 Å². The largest absolute Gasteiger partial charge is 0.343 e. The van der Waals surface area contributed by atoms with Crippen LogP contribution in [0.1, 0.15) is 28.5 Å². The maximum Gasteiger partial charge on any atom is 0.273 e. The number of hydrogen-bond acceptors (Lipinski definition) is 3. The molecular formula is C16H22N4O. The van der Waals surface area contributed by atoms with E-state index in [1.54, 1.807) is 24.8 Å². The standard InChI is InChI=1S/C16H22N4O/c1-5-17-11-13-10-12(2)6-7-15(13)20-9-8-14(18-20)16(21)19(3)4/h6-10,17H,5,11H2,1-4H3. The van der Waals surface area contributed by atoms with Gasteiger partial charge in [-0.1, -0.05) is 24.6 Å². The zero-order valence-corrected chi connectivity index (χ0v) is 13.1. The van der Waals surface area contributed by atoms with Crippen LogP contribution < -0.4 is 5.32 Å². The Bertz CT molecular complexity index is 631. The van der Waals surface area contributed by atoms with Crippen molar-refractivity contribution in [3.63, 3.8) is 0 Å². The van der Waals surface area contributed by atoms with Crippen molar-refractivity contribution in [1.29, 1.82) is 0 Å². The topological polar surface area (TPSA) is 50.2 Å². The maximum atomic E-state index is 11.9. The number of aromatic nitrogens is 2. The Kier molecular flexibility index (Phi) is 4.75. The van der Waals surface area contributed by atoms with Crippen molar-refractivity contribution in [2.24, 2.45) is 0 Å². The number of carbonyl (C=O) groups excluding carboxylic acids is 1. The highest BCUT2D eigenvalue weighted by molar-refractivity contribution is 5.91. The van der Waals surface area contributed by atoms with Crippen molar-refractivity contribution in [2.45, 2.75) is 20.4 Å². The van der Waals surface area contributed by atoms with Gasteiger partial charge in [-0.25, -0.2) is 4.68 Å². The van der Waals surface area contributed by atoms with E-state index in [9.17, 15) is 4.79 Å². The molecule has 0 saturated heterocycles. The van der Waals surface area contributed by atoms with Gasteiger partial charge in [0.1, 0.15) is 0 Å². The summed E-state index contributed by atoms with van der Waals surface area (Å²) >= 11 is 0. The van der Waals surface area contributed by atoms with Crippen molar-refractivity contribution >= 4 is 5.91 Å². The molecule has 5 nitrogen and oxygen atoms in total. The maximum absolute atomic E-state index is 11.9. The van der Waals surface area contributed by atoms with Gasteiger partial charge in [-0.15, -0.1) is 0 Å². The van der Waals surface area contributed by atoms with Gasteiger partial charge in [0.15, 0.2) is 5.69 Å². The highest BCUT2D eigenvalue weighted by Gasteiger charge is 2.13. The monoisotopic (exact) mass is 286 g/mol. The molecule has 0 radical (unpaired) electrons. The molecule has 1 aromatic carbocycles. The van der Waals surface area contributed by atoms with E-state index >= 15 is 0 Å². The summed E-state index contributed by atoms with van der Waals surface area (Å²) in [6.45, 7) is 5.85. The normalized spacial score (nSPS) is 10.7. The lowest BCUT2D eigenvalue weighted by atomic mass is 10.1. The Morgan fingerprint density at radius 3 is 2.76 bits per heavy atom. The third-order valence-electron chi connectivity index (χ3n) is 3.26. The van der Waals surface area contributed by atoms with Crippen LogP contribution in [0.2, 0.25) is 0 Å². The lowest BCUT2D eigenvalue weighted by Crippen LogP contribution is -2.22. The summed E-state index contributed by atoms with van der Waals surface area (Å²) in [5.41, 5.74) is 3.83. The lowest BCUT2D eigenvalue weighted by Gasteiger charge is -2.11. The van der Waals surface area contributed by atoms with Crippen molar-refractivity contribution in [3.8, 4) is 5.69 Å². The molecule has 0 aliphatic carbocycles. The average Bonchev–Trinajstić information content (AvgIpc) is 2.93. The van der Waals surface area contributed by atoms with Crippen LogP contribution in [0.3, 0.4) is 0 Å². The Hall–Kier alpha value is -2.14. The third kappa shape index (κ3) is 3.49. The molecule has 2 aromatic rings. The number of hydrogen-bond donors (Lipinski definition) is 1. The van der Waals surface area contributed by atoms with Gasteiger partial charge in [-0.2, -0.15) is 5.10 Å². The summed E-state index contributed by atoms with van der Waals surface area (Å²) in [7, 11) is 3.45. The first-order valence-corrected chi connectivity index (χ1v) is 7.11. The van der Waals surface area contributed by atoms with E-state index in [0.29, 0.717) is 5.69 Å². The van der Waals surface area contributed by atoms with E-state index in [0.717, 1.165) is 18.8 Å². The first-order chi connectivity index (χ1) is 10.0. The molecule has 0 atom stereocenters. The Labute approximate surface area is 125 Å². The van der Waals surface area contributed by atoms with Crippen LogP contribution in [0.15, 0.2) is 30.5 Å². The Balaban J connectivity index is 2.35. The molecule has 1 aromatic heterocycles. The fraction of sp³-hybridized carbons (Fsp3) is 0.375. The van der Waals surface area contributed by atoms with Gasteiger partial charge < -0.3 is 10.2 Å². The van der Waals surface area contributed by atoms with Crippen LogP contribution in [-0.2, 0) is 6.54 Å². The fourth-order valence-corrected chi connectivity index (χ4v) is 2.14. The molecule has 0 unspecified atom stereocenters. The van der Waals surface area contributed by atoms with Gasteiger partial charge >= 0.3 is 0 Å². The van der Waals surface area contributed by atoms with Crippen LogP contribution >= 0.6 is 0 Å². The minimum Gasteiger partial charge on any atom is -0.343 e. The molecule has 1 N–H and O–H groups in total. The number of benzene rings is 1. The molecule has 0 fully saturated rings. The van der Waals surface area contributed by atoms with Gasteiger partial charge in [-0.05, 0) is 31.2 Å².